The van der Waals surface area contributed by atoms with Crippen LogP contribution >= 0.6 is 11.6 Å². The number of aromatic amines is 1. The molecule has 0 unspecified atom stereocenters. The smallest absolute Gasteiger partial charge is 0.245 e. The predicted molar refractivity (Wildman–Crippen MR) is 139 cm³/mol. The van der Waals surface area contributed by atoms with Crippen molar-refractivity contribution in [1.29, 1.82) is 0 Å². The van der Waals surface area contributed by atoms with Crippen LogP contribution in [0.2, 0.25) is 5.02 Å². The van der Waals surface area contributed by atoms with Crippen LogP contribution in [0.1, 0.15) is 42.3 Å². The molecular weight excluding hydrogens is 474 g/mol. The minimum absolute atomic E-state index is 0.0252. The summed E-state index contributed by atoms with van der Waals surface area (Å²) < 4.78 is 4.31. The summed E-state index contributed by atoms with van der Waals surface area (Å²) in [6.07, 6.45) is 9.38. The lowest BCUT2D eigenvalue weighted by Gasteiger charge is -2.58. The molecule has 1 aliphatic carbocycles. The van der Waals surface area contributed by atoms with Gasteiger partial charge in [-0.25, -0.2) is 0 Å². The number of hydrogen-bond donors (Lipinski definition) is 1. The number of H-pyrrole nitrogens is 1. The number of carbonyl (C=O) groups is 1. The van der Waals surface area contributed by atoms with Crippen molar-refractivity contribution >= 4 is 28.4 Å². The molecule has 2 fully saturated rings. The molecule has 3 aliphatic rings. The van der Waals surface area contributed by atoms with Crippen LogP contribution in [0.15, 0.2) is 31.1 Å². The molecule has 0 atom stereocenters. The molecule has 36 heavy (non-hydrogen) atoms. The second-order valence-corrected chi connectivity index (χ2v) is 11.1. The second kappa shape index (κ2) is 7.56. The Labute approximate surface area is 213 Å². The standard InChI is InChI=1S/C27H28ClN7O/c1-4-22(36)33-13-27(14-33)9-17(10-27)35-16(3)23(24-18-11-29-31-20(18)8-15(2)25(24)28)26(32-35)19-12-30-34-7-5-6-21(19)34/h4,8,11-12,17H,1,5-7,9-10,13-14H2,2-3H3,(H,29,31). The minimum Gasteiger partial charge on any atom is -0.338 e. The van der Waals surface area contributed by atoms with Crippen molar-refractivity contribution in [3.05, 3.63) is 53.1 Å². The van der Waals surface area contributed by atoms with E-state index < -0.39 is 0 Å². The Morgan fingerprint density at radius 3 is 2.83 bits per heavy atom. The van der Waals surface area contributed by atoms with Crippen molar-refractivity contribution in [1.82, 2.24) is 34.7 Å². The normalized spacial score (nSPS) is 18.5. The summed E-state index contributed by atoms with van der Waals surface area (Å²) in [5.41, 5.74) is 8.63. The lowest BCUT2D eigenvalue weighted by atomic mass is 9.60. The fraction of sp³-hybridized carbons (Fsp3) is 0.407. The van der Waals surface area contributed by atoms with Gasteiger partial charge in [-0.2, -0.15) is 15.3 Å². The van der Waals surface area contributed by atoms with E-state index in [0.717, 1.165) is 94.9 Å². The molecule has 3 aromatic heterocycles. The maximum Gasteiger partial charge on any atom is 0.245 e. The average Bonchev–Trinajstić information content (AvgIpc) is 3.58. The molecule has 2 aliphatic heterocycles. The van der Waals surface area contributed by atoms with Gasteiger partial charge in [0.15, 0.2) is 0 Å². The van der Waals surface area contributed by atoms with Gasteiger partial charge >= 0.3 is 0 Å². The topological polar surface area (TPSA) is 84.6 Å². The highest BCUT2D eigenvalue weighted by molar-refractivity contribution is 6.36. The first-order valence-electron chi connectivity index (χ1n) is 12.6. The molecular formula is C27H28ClN7O. The summed E-state index contributed by atoms with van der Waals surface area (Å²) in [6, 6.07) is 2.35. The van der Waals surface area contributed by atoms with Crippen molar-refractivity contribution in [3.63, 3.8) is 0 Å². The highest BCUT2D eigenvalue weighted by Gasteiger charge is 2.54. The Morgan fingerprint density at radius 1 is 1.25 bits per heavy atom. The molecule has 1 spiro atoms. The number of aryl methyl sites for hydroxylation is 2. The van der Waals surface area contributed by atoms with Crippen molar-refractivity contribution < 1.29 is 4.79 Å². The van der Waals surface area contributed by atoms with Gasteiger partial charge in [-0.3, -0.25) is 19.3 Å². The molecule has 1 amide bonds. The molecule has 5 heterocycles. The van der Waals surface area contributed by atoms with E-state index in [4.69, 9.17) is 16.7 Å². The first-order chi connectivity index (χ1) is 17.4. The number of aromatic nitrogens is 6. The molecule has 1 N–H and O–H groups in total. The largest absolute Gasteiger partial charge is 0.338 e. The van der Waals surface area contributed by atoms with Crippen LogP contribution in [0.25, 0.3) is 33.3 Å². The summed E-state index contributed by atoms with van der Waals surface area (Å²) in [5.74, 6) is 0.0252. The van der Waals surface area contributed by atoms with E-state index in [1.165, 1.54) is 11.8 Å². The third kappa shape index (κ3) is 2.94. The van der Waals surface area contributed by atoms with Crippen LogP contribution in [-0.4, -0.2) is 53.7 Å². The van der Waals surface area contributed by atoms with E-state index in [9.17, 15) is 4.79 Å². The molecule has 4 aromatic rings. The van der Waals surface area contributed by atoms with Gasteiger partial charge in [0.1, 0.15) is 5.69 Å². The Kier molecular flexibility index (Phi) is 4.59. The molecule has 184 valence electrons. The van der Waals surface area contributed by atoms with Crippen LogP contribution in [-0.2, 0) is 17.8 Å². The third-order valence-electron chi connectivity index (χ3n) is 8.47. The molecule has 8 nitrogen and oxygen atoms in total. The first kappa shape index (κ1) is 21.9. The lowest BCUT2D eigenvalue weighted by molar-refractivity contribution is -0.149. The van der Waals surface area contributed by atoms with E-state index in [0.29, 0.717) is 6.04 Å². The zero-order chi connectivity index (χ0) is 24.8. The van der Waals surface area contributed by atoms with Crippen molar-refractivity contribution in [2.75, 3.05) is 13.1 Å². The van der Waals surface area contributed by atoms with Gasteiger partial charge in [0.2, 0.25) is 5.91 Å². The number of halogens is 1. The number of nitrogens with zero attached hydrogens (tertiary/aromatic N) is 6. The van der Waals surface area contributed by atoms with Gasteiger partial charge in [-0.1, -0.05) is 18.2 Å². The predicted octanol–water partition coefficient (Wildman–Crippen LogP) is 4.86. The number of benzene rings is 1. The number of nitrogens with one attached hydrogen (secondary N) is 1. The van der Waals surface area contributed by atoms with Gasteiger partial charge in [-0.15, -0.1) is 0 Å². The van der Waals surface area contributed by atoms with Gasteiger partial charge in [0.25, 0.3) is 0 Å². The second-order valence-electron chi connectivity index (χ2n) is 10.8. The zero-order valence-corrected chi connectivity index (χ0v) is 21.3. The monoisotopic (exact) mass is 501 g/mol. The summed E-state index contributed by atoms with van der Waals surface area (Å²) in [6.45, 7) is 10.4. The number of carbonyl (C=O) groups excluding carboxylic acids is 1. The van der Waals surface area contributed by atoms with E-state index in [1.807, 2.05) is 30.3 Å². The molecule has 1 aromatic carbocycles. The number of hydrogen-bond acceptors (Lipinski definition) is 4. The van der Waals surface area contributed by atoms with E-state index in [2.05, 4.69) is 38.2 Å². The SMILES string of the molecule is C=CC(=O)N1CC2(CC(n3nc(-c4cnn5c4CCC5)c(-c4c(Cl)c(C)cc5[nH]ncc45)c3C)C2)C1. The number of fused-ring (bicyclic) bond motifs is 2. The van der Waals surface area contributed by atoms with Gasteiger partial charge < -0.3 is 4.90 Å². The van der Waals surface area contributed by atoms with Crippen LogP contribution in [0.5, 0.6) is 0 Å². The number of likely N-dealkylation sites (tertiary alicyclic amines) is 1. The lowest BCUT2D eigenvalue weighted by Crippen LogP contribution is -2.63. The first-order valence-corrected chi connectivity index (χ1v) is 12.9. The van der Waals surface area contributed by atoms with Gasteiger partial charge in [-0.05, 0) is 57.2 Å². The Morgan fingerprint density at radius 2 is 2.06 bits per heavy atom. The third-order valence-corrected chi connectivity index (χ3v) is 8.96. The van der Waals surface area contributed by atoms with Crippen molar-refractivity contribution in [3.8, 4) is 22.4 Å². The quantitative estimate of drug-likeness (QED) is 0.405. The maximum absolute atomic E-state index is 12.0. The Bertz CT molecular complexity index is 1560. The summed E-state index contributed by atoms with van der Waals surface area (Å²) in [7, 11) is 0. The summed E-state index contributed by atoms with van der Waals surface area (Å²) >= 11 is 7.01. The van der Waals surface area contributed by atoms with Crippen LogP contribution in [0.3, 0.4) is 0 Å². The summed E-state index contributed by atoms with van der Waals surface area (Å²) in [4.78, 5) is 13.8. The van der Waals surface area contributed by atoms with Crippen LogP contribution in [0.4, 0.5) is 0 Å². The van der Waals surface area contributed by atoms with Crippen LogP contribution in [0, 0.1) is 19.3 Å². The molecule has 1 saturated heterocycles. The highest BCUT2D eigenvalue weighted by atomic mass is 35.5. The van der Waals surface area contributed by atoms with Crippen molar-refractivity contribution in [2.24, 2.45) is 5.41 Å². The van der Waals surface area contributed by atoms with E-state index in [-0.39, 0.29) is 11.3 Å². The Hall–Kier alpha value is -3.39. The maximum atomic E-state index is 12.0. The van der Waals surface area contributed by atoms with Crippen LogP contribution < -0.4 is 0 Å². The number of rotatable bonds is 4. The molecule has 9 heteroatoms. The van der Waals surface area contributed by atoms with Crippen molar-refractivity contribution in [2.45, 2.75) is 52.1 Å². The van der Waals surface area contributed by atoms with E-state index >= 15 is 0 Å². The molecule has 7 rings (SSSR count). The van der Waals surface area contributed by atoms with Gasteiger partial charge in [0, 0.05) is 58.5 Å². The van der Waals surface area contributed by atoms with E-state index in [1.54, 1.807) is 0 Å². The molecule has 1 saturated carbocycles. The highest BCUT2D eigenvalue weighted by Crippen LogP contribution is 2.55. The molecule has 0 radical (unpaired) electrons. The molecule has 0 bridgehead atoms. The fourth-order valence-corrected chi connectivity index (χ4v) is 6.94. The minimum atomic E-state index is 0.0252. The number of amides is 1. The zero-order valence-electron chi connectivity index (χ0n) is 20.5. The Balaban J connectivity index is 1.35. The average molecular weight is 502 g/mol. The summed E-state index contributed by atoms with van der Waals surface area (Å²) in [5, 5.41) is 19.1. The van der Waals surface area contributed by atoms with Gasteiger partial charge in [0.05, 0.1) is 29.0 Å². The fourth-order valence-electron chi connectivity index (χ4n) is 6.69.